The summed E-state index contributed by atoms with van der Waals surface area (Å²) >= 11 is 0. The molecule has 88 valence electrons. The van der Waals surface area contributed by atoms with Gasteiger partial charge in [0.1, 0.15) is 5.82 Å². The van der Waals surface area contributed by atoms with Crippen molar-refractivity contribution in [2.24, 2.45) is 5.73 Å². The molecular formula is C12H15N5. The first-order valence-corrected chi connectivity index (χ1v) is 5.80. The third-order valence-corrected chi connectivity index (χ3v) is 3.06. The molecule has 0 spiro atoms. The maximum atomic E-state index is 6.02. The lowest BCUT2D eigenvalue weighted by atomic mass is 10.1. The summed E-state index contributed by atoms with van der Waals surface area (Å²) in [5.74, 6) is 1.60. The summed E-state index contributed by atoms with van der Waals surface area (Å²) in [7, 11) is 0. The number of hydrogen-bond donors (Lipinski definition) is 2. The second-order valence-corrected chi connectivity index (χ2v) is 4.39. The molecule has 0 bridgehead atoms. The lowest BCUT2D eigenvalue weighted by molar-refractivity contribution is 0.422. The minimum Gasteiger partial charge on any atom is -0.399 e. The topological polar surface area (TPSA) is 82.8 Å². The molecule has 17 heavy (non-hydrogen) atoms. The van der Waals surface area contributed by atoms with Crippen LogP contribution in [0.4, 0.5) is 5.69 Å². The van der Waals surface area contributed by atoms with E-state index in [1.807, 2.05) is 28.9 Å². The fraction of sp³-hybridized carbons (Fsp3) is 0.333. The Kier molecular flexibility index (Phi) is 2.33. The molecule has 2 heterocycles. The Hall–Kier alpha value is -1.88. The largest absolute Gasteiger partial charge is 0.399 e. The highest BCUT2D eigenvalue weighted by molar-refractivity contribution is 5.60. The van der Waals surface area contributed by atoms with Crippen LogP contribution in [0.25, 0.3) is 11.4 Å². The van der Waals surface area contributed by atoms with Crippen LogP contribution < -0.4 is 11.5 Å². The van der Waals surface area contributed by atoms with E-state index >= 15 is 0 Å². The van der Waals surface area contributed by atoms with E-state index in [4.69, 9.17) is 11.5 Å². The highest BCUT2D eigenvalue weighted by Crippen LogP contribution is 2.24. The van der Waals surface area contributed by atoms with E-state index in [1.54, 1.807) is 0 Å². The Morgan fingerprint density at radius 2 is 2.24 bits per heavy atom. The molecule has 1 aliphatic heterocycles. The number of hydrogen-bond acceptors (Lipinski definition) is 4. The summed E-state index contributed by atoms with van der Waals surface area (Å²) in [5.41, 5.74) is 13.4. The van der Waals surface area contributed by atoms with Gasteiger partial charge in [0, 0.05) is 17.8 Å². The van der Waals surface area contributed by atoms with Gasteiger partial charge < -0.3 is 11.5 Å². The zero-order valence-corrected chi connectivity index (χ0v) is 9.50. The van der Waals surface area contributed by atoms with E-state index in [2.05, 4.69) is 10.1 Å². The number of nitrogens with zero attached hydrogens (tertiary/aromatic N) is 3. The molecule has 5 nitrogen and oxygen atoms in total. The maximum absolute atomic E-state index is 6.02. The third kappa shape index (κ3) is 1.78. The zero-order valence-electron chi connectivity index (χ0n) is 9.50. The second-order valence-electron chi connectivity index (χ2n) is 4.39. The molecule has 0 amide bonds. The average molecular weight is 229 g/mol. The molecule has 1 unspecified atom stereocenters. The van der Waals surface area contributed by atoms with Crippen molar-refractivity contribution in [3.05, 3.63) is 30.1 Å². The Bertz CT molecular complexity index is 546. The monoisotopic (exact) mass is 229 g/mol. The van der Waals surface area contributed by atoms with E-state index < -0.39 is 0 Å². The summed E-state index contributed by atoms with van der Waals surface area (Å²) in [6.07, 6.45) is 2.04. The van der Waals surface area contributed by atoms with Gasteiger partial charge in [-0.3, -0.25) is 0 Å². The van der Waals surface area contributed by atoms with Crippen molar-refractivity contribution in [2.75, 3.05) is 5.73 Å². The van der Waals surface area contributed by atoms with Crippen LogP contribution in [0.5, 0.6) is 0 Å². The van der Waals surface area contributed by atoms with Crippen LogP contribution in [0.1, 0.15) is 24.7 Å². The smallest absolute Gasteiger partial charge is 0.181 e. The van der Waals surface area contributed by atoms with Crippen molar-refractivity contribution >= 4 is 5.69 Å². The van der Waals surface area contributed by atoms with Crippen LogP contribution in [-0.2, 0) is 6.54 Å². The number of nitrogen functional groups attached to an aromatic ring is 1. The highest BCUT2D eigenvalue weighted by Gasteiger charge is 2.21. The first kappa shape index (κ1) is 10.3. The van der Waals surface area contributed by atoms with Gasteiger partial charge in [0.05, 0.1) is 6.04 Å². The quantitative estimate of drug-likeness (QED) is 0.722. The standard InChI is InChI=1S/C12H15N5/c13-9-4-1-3-8(7-9)11-15-12-10(14)5-2-6-17(12)16-11/h1,3-4,7,10H,2,5-6,13-14H2. The van der Waals surface area contributed by atoms with E-state index in [1.165, 1.54) is 0 Å². The Morgan fingerprint density at radius 3 is 3.00 bits per heavy atom. The number of rotatable bonds is 1. The number of aromatic nitrogens is 3. The van der Waals surface area contributed by atoms with Crippen molar-refractivity contribution < 1.29 is 0 Å². The second kappa shape index (κ2) is 3.85. The minimum atomic E-state index is 0.00561. The summed E-state index contributed by atoms with van der Waals surface area (Å²) < 4.78 is 1.91. The number of aryl methyl sites for hydroxylation is 1. The molecular weight excluding hydrogens is 214 g/mol. The maximum Gasteiger partial charge on any atom is 0.181 e. The number of nitrogens with two attached hydrogens (primary N) is 2. The molecule has 0 saturated heterocycles. The van der Waals surface area contributed by atoms with Gasteiger partial charge in [-0.1, -0.05) is 12.1 Å². The minimum absolute atomic E-state index is 0.00561. The van der Waals surface area contributed by atoms with E-state index in [9.17, 15) is 0 Å². The van der Waals surface area contributed by atoms with Crippen molar-refractivity contribution in [3.63, 3.8) is 0 Å². The number of fused-ring (bicyclic) bond motifs is 1. The Labute approximate surface area is 99.4 Å². The first-order valence-electron chi connectivity index (χ1n) is 5.80. The lowest BCUT2D eigenvalue weighted by Crippen LogP contribution is -2.22. The van der Waals surface area contributed by atoms with E-state index in [0.717, 1.165) is 36.5 Å². The summed E-state index contributed by atoms with van der Waals surface area (Å²) in [4.78, 5) is 4.51. The molecule has 1 aromatic heterocycles. The fourth-order valence-corrected chi connectivity index (χ4v) is 2.18. The highest BCUT2D eigenvalue weighted by atomic mass is 15.4. The van der Waals surface area contributed by atoms with Crippen LogP contribution in [0.2, 0.25) is 0 Å². The van der Waals surface area contributed by atoms with Gasteiger partial charge in [-0.05, 0) is 25.0 Å². The molecule has 4 N–H and O–H groups in total. The molecule has 1 aliphatic rings. The number of benzene rings is 1. The van der Waals surface area contributed by atoms with Gasteiger partial charge in [-0.25, -0.2) is 9.67 Å². The van der Waals surface area contributed by atoms with Gasteiger partial charge in [0.25, 0.3) is 0 Å². The summed E-state index contributed by atoms with van der Waals surface area (Å²) in [6, 6.07) is 7.61. The molecule has 0 radical (unpaired) electrons. The van der Waals surface area contributed by atoms with Gasteiger partial charge in [0.2, 0.25) is 0 Å². The van der Waals surface area contributed by atoms with Crippen LogP contribution in [-0.4, -0.2) is 14.8 Å². The third-order valence-electron chi connectivity index (χ3n) is 3.06. The van der Waals surface area contributed by atoms with Gasteiger partial charge in [-0.15, -0.1) is 0 Å². The average Bonchev–Trinajstić information content (AvgIpc) is 2.74. The van der Waals surface area contributed by atoms with Crippen LogP contribution in [0, 0.1) is 0 Å². The summed E-state index contributed by atoms with van der Waals surface area (Å²) in [5, 5.41) is 4.48. The predicted molar refractivity (Wildman–Crippen MR) is 66.0 cm³/mol. The molecule has 0 saturated carbocycles. The van der Waals surface area contributed by atoms with Crippen LogP contribution >= 0.6 is 0 Å². The van der Waals surface area contributed by atoms with Gasteiger partial charge >= 0.3 is 0 Å². The molecule has 1 atom stereocenters. The van der Waals surface area contributed by atoms with Crippen molar-refractivity contribution in [2.45, 2.75) is 25.4 Å². The van der Waals surface area contributed by atoms with Crippen molar-refractivity contribution in [3.8, 4) is 11.4 Å². The van der Waals surface area contributed by atoms with Crippen molar-refractivity contribution in [1.82, 2.24) is 14.8 Å². The normalized spacial score (nSPS) is 19.0. The number of anilines is 1. The molecule has 5 heteroatoms. The Morgan fingerprint density at radius 1 is 1.35 bits per heavy atom. The van der Waals surface area contributed by atoms with Crippen molar-refractivity contribution in [1.29, 1.82) is 0 Å². The molecule has 1 aromatic carbocycles. The first-order chi connectivity index (χ1) is 8.24. The molecule has 0 aliphatic carbocycles. The van der Waals surface area contributed by atoms with Crippen LogP contribution in [0.15, 0.2) is 24.3 Å². The fourth-order valence-electron chi connectivity index (χ4n) is 2.18. The van der Waals surface area contributed by atoms with Crippen LogP contribution in [0.3, 0.4) is 0 Å². The lowest BCUT2D eigenvalue weighted by Gasteiger charge is -2.17. The van der Waals surface area contributed by atoms with E-state index in [0.29, 0.717) is 5.82 Å². The van der Waals surface area contributed by atoms with Gasteiger partial charge in [-0.2, -0.15) is 5.10 Å². The predicted octanol–water partition coefficient (Wildman–Crippen LogP) is 1.32. The zero-order chi connectivity index (χ0) is 11.8. The SMILES string of the molecule is Nc1cccc(-c2nc3n(n2)CCCC3N)c1. The summed E-state index contributed by atoms with van der Waals surface area (Å²) in [6.45, 7) is 0.901. The molecule has 2 aromatic rings. The van der Waals surface area contributed by atoms with Gasteiger partial charge in [0.15, 0.2) is 5.82 Å². The molecule has 3 rings (SSSR count). The molecule has 0 fully saturated rings. The Balaban J connectivity index is 2.05. The van der Waals surface area contributed by atoms with E-state index in [-0.39, 0.29) is 6.04 Å².